The van der Waals surface area contributed by atoms with Crippen molar-refractivity contribution in [3.05, 3.63) is 42.1 Å². The molecule has 3 nitrogen and oxygen atoms in total. The second-order valence-corrected chi connectivity index (χ2v) is 4.18. The fourth-order valence-electron chi connectivity index (χ4n) is 1.77. The first kappa shape index (κ1) is 13.8. The molecule has 1 aromatic heterocycles. The van der Waals surface area contributed by atoms with Gasteiger partial charge >= 0.3 is 6.18 Å². The van der Waals surface area contributed by atoms with E-state index in [0.717, 1.165) is 16.5 Å². The highest BCUT2D eigenvalue weighted by atomic mass is 19.4. The van der Waals surface area contributed by atoms with Crippen LogP contribution in [0.5, 0.6) is 0 Å². The summed E-state index contributed by atoms with van der Waals surface area (Å²) in [7, 11) is 0. The predicted molar refractivity (Wildman–Crippen MR) is 65.5 cm³/mol. The lowest BCUT2D eigenvalue weighted by Crippen LogP contribution is -2.38. The lowest BCUT2D eigenvalue weighted by Gasteiger charge is -2.15. The molecule has 2 aromatic rings. The number of nitrogens with one attached hydrogen (secondary N) is 1. The Kier molecular flexibility index (Phi) is 4.01. The Bertz CT molecular complexity index is 552. The minimum Gasteiger partial charge on any atom is -0.382 e. The van der Waals surface area contributed by atoms with Gasteiger partial charge in [0.2, 0.25) is 0 Å². The standard InChI is InChI=1S/C13H13F3N2O/c14-13(15,16)11(19)8-17-7-10-4-1-3-9-5-2-6-18-12(9)10/h1-6,11,17,19H,7-8H2. The molecule has 1 unspecified atom stereocenters. The van der Waals surface area contributed by atoms with Gasteiger partial charge in [0.05, 0.1) is 5.52 Å². The first-order valence-corrected chi connectivity index (χ1v) is 5.76. The predicted octanol–water partition coefficient (Wildman–Crippen LogP) is 2.25. The lowest BCUT2D eigenvalue weighted by atomic mass is 10.1. The van der Waals surface area contributed by atoms with Crippen LogP contribution in [0, 0.1) is 0 Å². The molecule has 0 fully saturated rings. The van der Waals surface area contributed by atoms with Crippen LogP contribution in [-0.4, -0.2) is 28.9 Å². The largest absolute Gasteiger partial charge is 0.415 e. The van der Waals surface area contributed by atoms with E-state index in [1.165, 1.54) is 0 Å². The van der Waals surface area contributed by atoms with Crippen molar-refractivity contribution in [1.82, 2.24) is 10.3 Å². The zero-order chi connectivity index (χ0) is 13.9. The van der Waals surface area contributed by atoms with Gasteiger partial charge < -0.3 is 10.4 Å². The maximum absolute atomic E-state index is 12.1. The Morgan fingerprint density at radius 2 is 1.95 bits per heavy atom. The van der Waals surface area contributed by atoms with Crippen LogP contribution in [0.1, 0.15) is 5.56 Å². The van der Waals surface area contributed by atoms with Crippen LogP contribution in [0.25, 0.3) is 10.9 Å². The van der Waals surface area contributed by atoms with Crippen molar-refractivity contribution in [2.75, 3.05) is 6.54 Å². The number of hydrogen-bond acceptors (Lipinski definition) is 3. The first-order valence-electron chi connectivity index (χ1n) is 5.76. The Labute approximate surface area is 108 Å². The van der Waals surface area contributed by atoms with Gasteiger partial charge in [-0.3, -0.25) is 4.98 Å². The topological polar surface area (TPSA) is 45.1 Å². The maximum Gasteiger partial charge on any atom is 0.415 e. The van der Waals surface area contributed by atoms with Gasteiger partial charge in [-0.2, -0.15) is 13.2 Å². The second kappa shape index (κ2) is 5.54. The highest BCUT2D eigenvalue weighted by Crippen LogP contribution is 2.20. The van der Waals surface area contributed by atoms with Gasteiger partial charge in [0.15, 0.2) is 6.10 Å². The Morgan fingerprint density at radius 3 is 2.68 bits per heavy atom. The molecule has 0 aliphatic rings. The maximum atomic E-state index is 12.1. The number of nitrogens with zero attached hydrogens (tertiary/aromatic N) is 1. The van der Waals surface area contributed by atoms with Crippen molar-refractivity contribution < 1.29 is 18.3 Å². The molecule has 102 valence electrons. The van der Waals surface area contributed by atoms with Gasteiger partial charge in [-0.15, -0.1) is 0 Å². The minimum atomic E-state index is -4.59. The number of aliphatic hydroxyl groups is 1. The van der Waals surface area contributed by atoms with E-state index < -0.39 is 18.8 Å². The number of aromatic nitrogens is 1. The summed E-state index contributed by atoms with van der Waals surface area (Å²) in [5, 5.41) is 12.4. The quantitative estimate of drug-likeness (QED) is 0.895. The average Bonchev–Trinajstić information content (AvgIpc) is 2.38. The van der Waals surface area contributed by atoms with Gasteiger partial charge in [-0.1, -0.05) is 24.3 Å². The number of pyridine rings is 1. The molecule has 0 amide bonds. The van der Waals surface area contributed by atoms with E-state index >= 15 is 0 Å². The molecule has 2 rings (SSSR count). The molecule has 0 saturated carbocycles. The van der Waals surface area contributed by atoms with Crippen LogP contribution in [0.3, 0.4) is 0 Å². The summed E-state index contributed by atoms with van der Waals surface area (Å²) < 4.78 is 36.4. The summed E-state index contributed by atoms with van der Waals surface area (Å²) in [6.07, 6.45) is -5.31. The fourth-order valence-corrected chi connectivity index (χ4v) is 1.77. The number of aliphatic hydroxyl groups excluding tert-OH is 1. The summed E-state index contributed by atoms with van der Waals surface area (Å²) in [6, 6.07) is 9.18. The summed E-state index contributed by atoms with van der Waals surface area (Å²) in [4.78, 5) is 4.20. The number of para-hydroxylation sites is 1. The number of fused-ring (bicyclic) bond motifs is 1. The summed E-state index contributed by atoms with van der Waals surface area (Å²) in [6.45, 7) is -0.311. The van der Waals surface area contributed by atoms with Gasteiger partial charge in [-0.25, -0.2) is 0 Å². The van der Waals surface area contributed by atoms with Gasteiger partial charge in [0.25, 0.3) is 0 Å². The Morgan fingerprint density at radius 1 is 1.21 bits per heavy atom. The molecule has 2 N–H and O–H groups in total. The third-order valence-electron chi connectivity index (χ3n) is 2.75. The van der Waals surface area contributed by atoms with Crippen molar-refractivity contribution >= 4 is 10.9 Å². The molecule has 0 spiro atoms. The first-order chi connectivity index (χ1) is 8.98. The molecule has 1 atom stereocenters. The van der Waals surface area contributed by atoms with Gasteiger partial charge in [0.1, 0.15) is 0 Å². The summed E-state index contributed by atoms with van der Waals surface area (Å²) >= 11 is 0. The molecule has 0 radical (unpaired) electrons. The van der Waals surface area contributed by atoms with Gasteiger partial charge in [0, 0.05) is 24.7 Å². The van der Waals surface area contributed by atoms with E-state index in [9.17, 15) is 13.2 Å². The molecule has 1 heterocycles. The van der Waals surface area contributed by atoms with E-state index in [-0.39, 0.29) is 6.54 Å². The average molecular weight is 270 g/mol. The highest BCUT2D eigenvalue weighted by Gasteiger charge is 2.37. The second-order valence-electron chi connectivity index (χ2n) is 4.18. The minimum absolute atomic E-state index is 0.224. The smallest absolute Gasteiger partial charge is 0.382 e. The van der Waals surface area contributed by atoms with E-state index in [4.69, 9.17) is 5.11 Å². The van der Waals surface area contributed by atoms with Crippen LogP contribution in [0.15, 0.2) is 36.5 Å². The highest BCUT2D eigenvalue weighted by molar-refractivity contribution is 5.81. The molecule has 0 aliphatic carbocycles. The number of halogens is 3. The van der Waals surface area contributed by atoms with Crippen LogP contribution in [0.2, 0.25) is 0 Å². The molecular formula is C13H13F3N2O. The molecule has 1 aromatic carbocycles. The van der Waals surface area contributed by atoms with Crippen molar-refractivity contribution in [2.24, 2.45) is 0 Å². The van der Waals surface area contributed by atoms with Gasteiger partial charge in [-0.05, 0) is 11.6 Å². The molecule has 0 saturated heterocycles. The van der Waals surface area contributed by atoms with Crippen LogP contribution in [-0.2, 0) is 6.54 Å². The van der Waals surface area contributed by atoms with Crippen LogP contribution in [0.4, 0.5) is 13.2 Å². The fraction of sp³-hybridized carbons (Fsp3) is 0.308. The van der Waals surface area contributed by atoms with E-state index in [1.807, 2.05) is 18.2 Å². The Hall–Kier alpha value is -1.66. The van der Waals surface area contributed by atoms with Crippen LogP contribution < -0.4 is 5.32 Å². The molecule has 0 bridgehead atoms. The summed E-state index contributed by atoms with van der Waals surface area (Å²) in [5.41, 5.74) is 1.55. The van der Waals surface area contributed by atoms with E-state index in [0.29, 0.717) is 0 Å². The third kappa shape index (κ3) is 3.42. The third-order valence-corrected chi connectivity index (χ3v) is 2.75. The van der Waals surface area contributed by atoms with Crippen molar-refractivity contribution in [2.45, 2.75) is 18.8 Å². The van der Waals surface area contributed by atoms with Crippen molar-refractivity contribution in [3.63, 3.8) is 0 Å². The lowest BCUT2D eigenvalue weighted by molar-refractivity contribution is -0.201. The SMILES string of the molecule is OC(CNCc1cccc2cccnc12)C(F)(F)F. The normalized spacial score (nSPS) is 13.7. The molecule has 0 aliphatic heterocycles. The van der Waals surface area contributed by atoms with Crippen molar-refractivity contribution in [1.29, 1.82) is 0 Å². The number of hydrogen-bond donors (Lipinski definition) is 2. The van der Waals surface area contributed by atoms with Crippen molar-refractivity contribution in [3.8, 4) is 0 Å². The summed E-state index contributed by atoms with van der Waals surface area (Å²) in [5.74, 6) is 0. The number of benzene rings is 1. The Balaban J connectivity index is 2.03. The number of rotatable bonds is 4. The zero-order valence-electron chi connectivity index (χ0n) is 9.98. The molecule has 6 heteroatoms. The zero-order valence-corrected chi connectivity index (χ0v) is 9.98. The molecular weight excluding hydrogens is 257 g/mol. The van der Waals surface area contributed by atoms with Crippen LogP contribution >= 0.6 is 0 Å². The molecule has 19 heavy (non-hydrogen) atoms. The van der Waals surface area contributed by atoms with E-state index in [2.05, 4.69) is 10.3 Å². The van der Waals surface area contributed by atoms with E-state index in [1.54, 1.807) is 18.3 Å². The number of alkyl halides is 3. The monoisotopic (exact) mass is 270 g/mol.